The maximum absolute atomic E-state index is 3.50. The van der Waals surface area contributed by atoms with Gasteiger partial charge in [-0.05, 0) is 61.8 Å². The molecule has 16 heavy (non-hydrogen) atoms. The van der Waals surface area contributed by atoms with Crippen LogP contribution in [0.5, 0.6) is 0 Å². The monoisotopic (exact) mass is 279 g/mol. The van der Waals surface area contributed by atoms with Gasteiger partial charge in [-0.2, -0.15) is 0 Å². The number of hydrogen-bond acceptors (Lipinski definition) is 1. The summed E-state index contributed by atoms with van der Waals surface area (Å²) in [6, 6.07) is 8.78. The standard InChI is InChI=1S/C14H18BrN/c15-13-5-7-14(8-6-13)16-9-1-2-11-3-4-12(11)10-16/h5-8,11-12H,1-4,9-10H2. The van der Waals surface area contributed by atoms with Gasteiger partial charge in [-0.1, -0.05) is 15.9 Å². The van der Waals surface area contributed by atoms with Crippen LogP contribution in [0.25, 0.3) is 0 Å². The van der Waals surface area contributed by atoms with Crippen molar-refractivity contribution in [3.8, 4) is 0 Å². The summed E-state index contributed by atoms with van der Waals surface area (Å²) < 4.78 is 1.17. The Morgan fingerprint density at radius 3 is 2.44 bits per heavy atom. The molecule has 1 aromatic carbocycles. The van der Waals surface area contributed by atoms with Crippen LogP contribution in [-0.2, 0) is 0 Å². The molecule has 1 saturated heterocycles. The summed E-state index contributed by atoms with van der Waals surface area (Å²) in [5.74, 6) is 2.02. The minimum absolute atomic E-state index is 0.978. The van der Waals surface area contributed by atoms with Crippen molar-refractivity contribution >= 4 is 21.6 Å². The van der Waals surface area contributed by atoms with E-state index in [0.29, 0.717) is 0 Å². The molecule has 2 atom stereocenters. The summed E-state index contributed by atoms with van der Waals surface area (Å²) in [6.07, 6.45) is 5.77. The molecule has 0 radical (unpaired) electrons. The first kappa shape index (κ1) is 10.6. The van der Waals surface area contributed by atoms with E-state index < -0.39 is 0 Å². The van der Waals surface area contributed by atoms with Gasteiger partial charge in [-0.25, -0.2) is 0 Å². The molecule has 2 unspecified atom stereocenters. The fourth-order valence-electron chi connectivity index (χ4n) is 3.06. The molecule has 1 aromatic rings. The molecule has 1 heterocycles. The van der Waals surface area contributed by atoms with E-state index in [9.17, 15) is 0 Å². The lowest BCUT2D eigenvalue weighted by Crippen LogP contribution is -2.35. The van der Waals surface area contributed by atoms with Crippen LogP contribution in [0.2, 0.25) is 0 Å². The highest BCUT2D eigenvalue weighted by Gasteiger charge is 2.33. The normalized spacial score (nSPS) is 29.2. The van der Waals surface area contributed by atoms with Gasteiger partial charge in [0.2, 0.25) is 0 Å². The molecule has 0 spiro atoms. The van der Waals surface area contributed by atoms with Gasteiger partial charge in [0.05, 0.1) is 0 Å². The molecule has 0 bridgehead atoms. The number of rotatable bonds is 1. The van der Waals surface area contributed by atoms with Crippen LogP contribution in [0.1, 0.15) is 25.7 Å². The van der Waals surface area contributed by atoms with Gasteiger partial charge >= 0.3 is 0 Å². The topological polar surface area (TPSA) is 3.24 Å². The molecule has 3 rings (SSSR count). The lowest BCUT2D eigenvalue weighted by molar-refractivity contribution is 0.181. The van der Waals surface area contributed by atoms with Crippen molar-refractivity contribution in [2.45, 2.75) is 25.7 Å². The van der Waals surface area contributed by atoms with Gasteiger partial charge in [0.25, 0.3) is 0 Å². The van der Waals surface area contributed by atoms with E-state index in [1.54, 1.807) is 0 Å². The van der Waals surface area contributed by atoms with Gasteiger partial charge in [-0.3, -0.25) is 0 Å². The van der Waals surface area contributed by atoms with Gasteiger partial charge in [0.15, 0.2) is 0 Å². The Morgan fingerprint density at radius 1 is 1.00 bits per heavy atom. The number of hydrogen-bond donors (Lipinski definition) is 0. The Kier molecular flexibility index (Phi) is 2.93. The summed E-state index contributed by atoms with van der Waals surface area (Å²) in [5.41, 5.74) is 1.40. The Bertz CT molecular complexity index is 360. The van der Waals surface area contributed by atoms with Crippen molar-refractivity contribution in [3.63, 3.8) is 0 Å². The van der Waals surface area contributed by atoms with Crippen molar-refractivity contribution in [2.75, 3.05) is 18.0 Å². The molecular weight excluding hydrogens is 262 g/mol. The Hall–Kier alpha value is -0.500. The van der Waals surface area contributed by atoms with E-state index in [1.807, 2.05) is 0 Å². The first-order chi connectivity index (χ1) is 7.83. The van der Waals surface area contributed by atoms with E-state index in [0.717, 1.165) is 11.8 Å². The number of anilines is 1. The molecule has 2 heteroatoms. The molecule has 1 aliphatic heterocycles. The minimum Gasteiger partial charge on any atom is -0.371 e. The van der Waals surface area contributed by atoms with Crippen molar-refractivity contribution in [1.82, 2.24) is 0 Å². The third-order valence-electron chi connectivity index (χ3n) is 4.22. The third kappa shape index (κ3) is 2.00. The van der Waals surface area contributed by atoms with E-state index in [4.69, 9.17) is 0 Å². The average Bonchev–Trinajstić information content (AvgIpc) is 2.41. The van der Waals surface area contributed by atoms with Crippen molar-refractivity contribution in [3.05, 3.63) is 28.7 Å². The van der Waals surface area contributed by atoms with Crippen LogP contribution >= 0.6 is 15.9 Å². The molecule has 0 N–H and O–H groups in total. The second kappa shape index (κ2) is 4.40. The van der Waals surface area contributed by atoms with Crippen LogP contribution in [0, 0.1) is 11.8 Å². The minimum atomic E-state index is 0.978. The Balaban J connectivity index is 1.75. The van der Waals surface area contributed by atoms with Gasteiger partial charge in [-0.15, -0.1) is 0 Å². The van der Waals surface area contributed by atoms with Crippen molar-refractivity contribution in [1.29, 1.82) is 0 Å². The predicted molar refractivity (Wildman–Crippen MR) is 71.8 cm³/mol. The fraction of sp³-hybridized carbons (Fsp3) is 0.571. The summed E-state index contributed by atoms with van der Waals surface area (Å²) in [4.78, 5) is 2.58. The van der Waals surface area contributed by atoms with E-state index >= 15 is 0 Å². The van der Waals surface area contributed by atoms with Crippen molar-refractivity contribution in [2.24, 2.45) is 11.8 Å². The number of fused-ring (bicyclic) bond motifs is 1. The summed E-state index contributed by atoms with van der Waals surface area (Å²) in [7, 11) is 0. The SMILES string of the molecule is Brc1ccc(N2CCCC3CCC3C2)cc1. The number of halogens is 1. The van der Waals surface area contributed by atoms with Crippen LogP contribution in [0.3, 0.4) is 0 Å². The molecule has 2 aliphatic rings. The molecule has 1 aliphatic carbocycles. The molecule has 0 amide bonds. The van der Waals surface area contributed by atoms with E-state index in [1.165, 1.54) is 48.9 Å². The number of benzene rings is 1. The quantitative estimate of drug-likeness (QED) is 0.749. The van der Waals surface area contributed by atoms with Crippen LogP contribution < -0.4 is 4.90 Å². The maximum atomic E-state index is 3.50. The highest BCUT2D eigenvalue weighted by molar-refractivity contribution is 9.10. The number of nitrogens with zero attached hydrogens (tertiary/aromatic N) is 1. The second-order valence-corrected chi connectivity index (χ2v) is 6.08. The predicted octanol–water partition coefficient (Wildman–Crippen LogP) is 4.08. The van der Waals surface area contributed by atoms with Gasteiger partial charge < -0.3 is 4.90 Å². The van der Waals surface area contributed by atoms with Crippen LogP contribution in [0.4, 0.5) is 5.69 Å². The molecule has 0 aromatic heterocycles. The molecule has 1 saturated carbocycles. The highest BCUT2D eigenvalue weighted by atomic mass is 79.9. The third-order valence-corrected chi connectivity index (χ3v) is 4.75. The molecule has 86 valence electrons. The van der Waals surface area contributed by atoms with Crippen LogP contribution in [0.15, 0.2) is 28.7 Å². The summed E-state index contributed by atoms with van der Waals surface area (Å²) in [6.45, 7) is 2.53. The zero-order valence-corrected chi connectivity index (χ0v) is 11.1. The second-order valence-electron chi connectivity index (χ2n) is 5.16. The lowest BCUT2D eigenvalue weighted by Gasteiger charge is -2.37. The first-order valence-electron chi connectivity index (χ1n) is 6.33. The Morgan fingerprint density at radius 2 is 1.75 bits per heavy atom. The fourth-order valence-corrected chi connectivity index (χ4v) is 3.33. The molecule has 2 fully saturated rings. The van der Waals surface area contributed by atoms with Crippen LogP contribution in [-0.4, -0.2) is 13.1 Å². The molecular formula is C14H18BrN. The largest absolute Gasteiger partial charge is 0.371 e. The first-order valence-corrected chi connectivity index (χ1v) is 7.13. The molecule has 1 nitrogen and oxygen atoms in total. The van der Waals surface area contributed by atoms with Crippen molar-refractivity contribution < 1.29 is 0 Å². The van der Waals surface area contributed by atoms with E-state index in [-0.39, 0.29) is 0 Å². The van der Waals surface area contributed by atoms with Gasteiger partial charge in [0, 0.05) is 23.2 Å². The van der Waals surface area contributed by atoms with E-state index in [2.05, 4.69) is 45.1 Å². The highest BCUT2D eigenvalue weighted by Crippen LogP contribution is 2.40. The average molecular weight is 280 g/mol. The zero-order valence-electron chi connectivity index (χ0n) is 9.53. The Labute approximate surface area is 106 Å². The zero-order chi connectivity index (χ0) is 11.0. The van der Waals surface area contributed by atoms with Gasteiger partial charge in [0.1, 0.15) is 0 Å². The lowest BCUT2D eigenvalue weighted by atomic mass is 9.72. The summed E-state index contributed by atoms with van der Waals surface area (Å²) in [5, 5.41) is 0. The smallest absolute Gasteiger partial charge is 0.0367 e. The summed E-state index contributed by atoms with van der Waals surface area (Å²) >= 11 is 3.50. The maximum Gasteiger partial charge on any atom is 0.0367 e.